The van der Waals surface area contributed by atoms with Gasteiger partial charge in [0.05, 0.1) is 6.61 Å². The second kappa shape index (κ2) is 13.0. The van der Waals surface area contributed by atoms with Gasteiger partial charge in [-0.05, 0) is 47.1 Å². The van der Waals surface area contributed by atoms with Gasteiger partial charge in [-0.1, -0.05) is 11.6 Å². The molecule has 0 N–H and O–H groups in total. The van der Waals surface area contributed by atoms with Crippen molar-refractivity contribution in [1.82, 2.24) is 9.80 Å². The number of carbonyl (C=O) groups excluding carboxylic acids is 4. The lowest BCUT2D eigenvalue weighted by Gasteiger charge is -2.30. The van der Waals surface area contributed by atoms with Crippen molar-refractivity contribution in [3.63, 3.8) is 0 Å². The molecule has 0 aromatic rings. The maximum Gasteiger partial charge on any atom is 0.350 e. The summed E-state index contributed by atoms with van der Waals surface area (Å²) in [5.41, 5.74) is 0.124. The highest BCUT2D eigenvalue weighted by Gasteiger charge is 2.33. The van der Waals surface area contributed by atoms with Crippen LogP contribution in [0.15, 0.2) is 23.9 Å². The molecule has 1 heterocycles. The minimum Gasteiger partial charge on any atom is -0.457 e. The first-order chi connectivity index (χ1) is 14.9. The molecule has 2 amide bonds. The van der Waals surface area contributed by atoms with Gasteiger partial charge < -0.3 is 24.0 Å². The number of ether oxygens (including phenoxy) is 3. The van der Waals surface area contributed by atoms with E-state index in [1.54, 1.807) is 40.0 Å². The molecule has 9 heteroatoms. The Kier molecular flexibility index (Phi) is 11.1. The third-order valence-corrected chi connectivity index (χ3v) is 4.56. The summed E-state index contributed by atoms with van der Waals surface area (Å²) >= 11 is 0. The summed E-state index contributed by atoms with van der Waals surface area (Å²) < 4.78 is 16.0. The third kappa shape index (κ3) is 10.6. The number of hydrogen-bond donors (Lipinski definition) is 0. The molecule has 9 nitrogen and oxygen atoms in total. The van der Waals surface area contributed by atoms with Gasteiger partial charge in [-0.15, -0.1) is 0 Å². The number of carbonyl (C=O) groups is 4. The highest BCUT2D eigenvalue weighted by Crippen LogP contribution is 2.14. The van der Waals surface area contributed by atoms with Gasteiger partial charge in [-0.25, -0.2) is 4.79 Å². The van der Waals surface area contributed by atoms with E-state index in [0.717, 1.165) is 25.1 Å². The molecule has 0 aromatic heterocycles. The van der Waals surface area contributed by atoms with Crippen LogP contribution >= 0.6 is 0 Å². The minimum atomic E-state index is -1.21. The molecular formula is C23H36N2O7. The van der Waals surface area contributed by atoms with Gasteiger partial charge in [-0.2, -0.15) is 0 Å². The summed E-state index contributed by atoms with van der Waals surface area (Å²) in [6, 6.07) is 0. The number of allylic oxidation sites excluding steroid dienone is 2. The van der Waals surface area contributed by atoms with Crippen molar-refractivity contribution in [2.45, 2.75) is 72.2 Å². The van der Waals surface area contributed by atoms with Crippen molar-refractivity contribution in [3.05, 3.63) is 23.9 Å². The monoisotopic (exact) mass is 452 g/mol. The first-order valence-corrected chi connectivity index (χ1v) is 10.8. The summed E-state index contributed by atoms with van der Waals surface area (Å²) in [6.45, 7) is 11.8. The quantitative estimate of drug-likeness (QED) is 0.254. The number of amides is 2. The average molecular weight is 453 g/mol. The van der Waals surface area contributed by atoms with Gasteiger partial charge in [-0.3, -0.25) is 14.4 Å². The van der Waals surface area contributed by atoms with E-state index in [2.05, 4.69) is 0 Å². The van der Waals surface area contributed by atoms with E-state index in [4.69, 9.17) is 14.2 Å². The predicted octanol–water partition coefficient (Wildman–Crippen LogP) is 2.21. The summed E-state index contributed by atoms with van der Waals surface area (Å²) in [7, 11) is 0. The number of nitrogens with zero attached hydrogens (tertiary/aromatic N) is 2. The van der Waals surface area contributed by atoms with E-state index in [1.165, 1.54) is 11.8 Å². The SMILES string of the molecule is CC(=O)O[C@@H](C(=O)OC(C)(C)C)[C@H](C)OCCN(C=O)/C=C/C(C)=C\CC(=O)N1CCC1. The van der Waals surface area contributed by atoms with Gasteiger partial charge in [0.15, 0.2) is 0 Å². The zero-order valence-corrected chi connectivity index (χ0v) is 20.0. The molecule has 32 heavy (non-hydrogen) atoms. The number of hydrogen-bond acceptors (Lipinski definition) is 7. The van der Waals surface area contributed by atoms with Crippen LogP contribution in [0.2, 0.25) is 0 Å². The molecule has 0 aromatic carbocycles. The predicted molar refractivity (Wildman–Crippen MR) is 118 cm³/mol. The Bertz CT molecular complexity index is 720. The van der Waals surface area contributed by atoms with Crippen molar-refractivity contribution in [2.24, 2.45) is 0 Å². The zero-order chi connectivity index (χ0) is 24.3. The Morgan fingerprint density at radius 3 is 2.31 bits per heavy atom. The fourth-order valence-corrected chi connectivity index (χ4v) is 2.69. The van der Waals surface area contributed by atoms with E-state index in [0.29, 0.717) is 12.8 Å². The van der Waals surface area contributed by atoms with Gasteiger partial charge in [0.25, 0.3) is 0 Å². The van der Waals surface area contributed by atoms with E-state index in [1.807, 2.05) is 17.9 Å². The van der Waals surface area contributed by atoms with E-state index in [-0.39, 0.29) is 19.1 Å². The summed E-state index contributed by atoms with van der Waals surface area (Å²) in [5, 5.41) is 0. The molecule has 0 spiro atoms. The molecule has 0 bridgehead atoms. The maximum absolute atomic E-state index is 12.4. The lowest BCUT2D eigenvalue weighted by atomic mass is 10.1. The fourth-order valence-electron chi connectivity index (χ4n) is 2.69. The molecule has 1 fully saturated rings. The van der Waals surface area contributed by atoms with Crippen molar-refractivity contribution >= 4 is 24.3 Å². The Morgan fingerprint density at radius 2 is 1.81 bits per heavy atom. The van der Waals surface area contributed by atoms with Crippen LogP contribution in [0.4, 0.5) is 0 Å². The average Bonchev–Trinajstić information content (AvgIpc) is 2.63. The van der Waals surface area contributed by atoms with Crippen LogP contribution in [0.25, 0.3) is 0 Å². The Morgan fingerprint density at radius 1 is 1.16 bits per heavy atom. The van der Waals surface area contributed by atoms with E-state index >= 15 is 0 Å². The fraction of sp³-hybridized carbons (Fsp3) is 0.652. The smallest absolute Gasteiger partial charge is 0.350 e. The largest absolute Gasteiger partial charge is 0.457 e. The summed E-state index contributed by atoms with van der Waals surface area (Å²) in [5.74, 6) is -1.21. The second-order valence-electron chi connectivity index (χ2n) is 8.68. The van der Waals surface area contributed by atoms with Gasteiger partial charge in [0.1, 0.15) is 11.7 Å². The standard InChI is InChI=1S/C23H36N2O7/c1-17(8-9-20(28)25-11-7-12-25)10-13-24(16-26)14-15-30-18(2)21(31-19(3)27)22(29)32-23(4,5)6/h8,10,13,16,18,21H,7,9,11-12,14-15H2,1-6H3/b13-10+,17-8-/t18-,21+/m0/s1. The third-order valence-electron chi connectivity index (χ3n) is 4.56. The molecule has 0 unspecified atom stereocenters. The number of likely N-dealkylation sites (tertiary alicyclic amines) is 1. The second-order valence-corrected chi connectivity index (χ2v) is 8.68. The highest BCUT2D eigenvalue weighted by molar-refractivity contribution is 5.79. The lowest BCUT2D eigenvalue weighted by Crippen LogP contribution is -2.42. The highest BCUT2D eigenvalue weighted by atomic mass is 16.6. The first-order valence-electron chi connectivity index (χ1n) is 10.8. The molecule has 1 aliphatic rings. The molecule has 0 aliphatic carbocycles. The van der Waals surface area contributed by atoms with Crippen LogP contribution in [0.3, 0.4) is 0 Å². The number of esters is 2. The van der Waals surface area contributed by atoms with Crippen molar-refractivity contribution < 1.29 is 33.4 Å². The maximum atomic E-state index is 12.4. The van der Waals surface area contributed by atoms with Crippen LogP contribution in [-0.2, 0) is 33.4 Å². The van der Waals surface area contributed by atoms with Crippen molar-refractivity contribution in [2.75, 3.05) is 26.2 Å². The van der Waals surface area contributed by atoms with Crippen molar-refractivity contribution in [1.29, 1.82) is 0 Å². The zero-order valence-electron chi connectivity index (χ0n) is 20.0. The Hall–Kier alpha value is -2.68. The van der Waals surface area contributed by atoms with E-state index in [9.17, 15) is 19.2 Å². The van der Waals surface area contributed by atoms with Crippen LogP contribution in [0.5, 0.6) is 0 Å². The topological polar surface area (TPSA) is 102 Å². The van der Waals surface area contributed by atoms with Gasteiger partial charge in [0.2, 0.25) is 18.4 Å². The Labute approximate surface area is 190 Å². The summed E-state index contributed by atoms with van der Waals surface area (Å²) in [4.78, 5) is 50.1. The minimum absolute atomic E-state index is 0.103. The molecule has 1 saturated heterocycles. The lowest BCUT2D eigenvalue weighted by molar-refractivity contribution is -0.184. The molecule has 0 saturated carbocycles. The number of rotatable bonds is 12. The normalized spacial score (nSPS) is 16.2. The molecule has 0 radical (unpaired) electrons. The molecule has 180 valence electrons. The van der Waals surface area contributed by atoms with Gasteiger partial charge in [0, 0.05) is 39.2 Å². The van der Waals surface area contributed by atoms with Crippen LogP contribution in [0, 0.1) is 0 Å². The van der Waals surface area contributed by atoms with Crippen LogP contribution < -0.4 is 0 Å². The summed E-state index contributed by atoms with van der Waals surface area (Å²) in [6.07, 6.45) is 5.23. The molecular weight excluding hydrogens is 416 g/mol. The van der Waals surface area contributed by atoms with Crippen LogP contribution in [-0.4, -0.2) is 78.1 Å². The van der Waals surface area contributed by atoms with Gasteiger partial charge >= 0.3 is 11.9 Å². The molecule has 1 aliphatic heterocycles. The molecule has 2 atom stereocenters. The first kappa shape index (κ1) is 27.4. The molecule has 1 rings (SSSR count). The van der Waals surface area contributed by atoms with E-state index < -0.39 is 29.7 Å². The van der Waals surface area contributed by atoms with Crippen molar-refractivity contribution in [3.8, 4) is 0 Å². The van der Waals surface area contributed by atoms with Crippen LogP contribution in [0.1, 0.15) is 54.4 Å². The Balaban J connectivity index is 2.54.